The van der Waals surface area contributed by atoms with Crippen molar-refractivity contribution in [3.8, 4) is 0 Å². The minimum atomic E-state index is -0.483. The van der Waals surface area contributed by atoms with E-state index in [1.54, 1.807) is 12.1 Å². The topological polar surface area (TPSA) is 23.5 Å². The van der Waals surface area contributed by atoms with Crippen LogP contribution in [0.2, 0.25) is 0 Å². The van der Waals surface area contributed by atoms with Crippen LogP contribution in [0.25, 0.3) is 5.57 Å². The Hall–Kier alpha value is -1.19. The summed E-state index contributed by atoms with van der Waals surface area (Å²) >= 11 is 0. The van der Waals surface area contributed by atoms with Crippen molar-refractivity contribution in [2.75, 3.05) is 19.6 Å². The second kappa shape index (κ2) is 5.63. The Morgan fingerprint density at radius 2 is 2.00 bits per heavy atom. The first-order valence-corrected chi connectivity index (χ1v) is 6.42. The van der Waals surface area contributed by atoms with Crippen LogP contribution in [-0.4, -0.2) is 35.7 Å². The highest BCUT2D eigenvalue weighted by Crippen LogP contribution is 2.23. The minimum Gasteiger partial charge on any atom is -0.387 e. The third kappa shape index (κ3) is 3.18. The summed E-state index contributed by atoms with van der Waals surface area (Å²) in [6, 6.07) is 6.32. The molecule has 0 unspecified atom stereocenters. The van der Waals surface area contributed by atoms with E-state index in [2.05, 4.69) is 18.7 Å². The van der Waals surface area contributed by atoms with Gasteiger partial charge in [-0.25, -0.2) is 4.39 Å². The summed E-state index contributed by atoms with van der Waals surface area (Å²) in [5.41, 5.74) is 1.82. The fraction of sp³-hybridized carbons (Fsp3) is 0.467. The number of nitrogens with zero attached hydrogens (tertiary/aromatic N) is 1. The zero-order chi connectivity index (χ0) is 13.1. The third-order valence-corrected chi connectivity index (χ3v) is 3.16. The van der Waals surface area contributed by atoms with Crippen molar-refractivity contribution in [2.24, 2.45) is 5.92 Å². The quantitative estimate of drug-likeness (QED) is 0.890. The van der Waals surface area contributed by atoms with Crippen LogP contribution in [0.15, 0.2) is 30.3 Å². The second-order valence-corrected chi connectivity index (χ2v) is 5.29. The van der Waals surface area contributed by atoms with Crippen LogP contribution in [0.4, 0.5) is 4.39 Å². The highest BCUT2D eigenvalue weighted by Gasteiger charge is 2.21. The van der Waals surface area contributed by atoms with Crippen molar-refractivity contribution in [1.29, 1.82) is 0 Å². The zero-order valence-electron chi connectivity index (χ0n) is 10.9. The van der Waals surface area contributed by atoms with E-state index in [0.29, 0.717) is 12.5 Å². The fourth-order valence-corrected chi connectivity index (χ4v) is 2.40. The molecule has 0 amide bonds. The van der Waals surface area contributed by atoms with E-state index in [-0.39, 0.29) is 5.82 Å². The summed E-state index contributed by atoms with van der Waals surface area (Å²) in [5.74, 6) is 0.351. The average Bonchev–Trinajstić information content (AvgIpc) is 2.30. The van der Waals surface area contributed by atoms with Crippen LogP contribution in [-0.2, 0) is 0 Å². The van der Waals surface area contributed by atoms with Gasteiger partial charge in [-0.15, -0.1) is 0 Å². The number of β-amino-alcohol motifs (C(OH)–C–C–N with tert-alkyl or cyclic N) is 1. The number of hydrogen-bond donors (Lipinski definition) is 1. The van der Waals surface area contributed by atoms with Gasteiger partial charge in [-0.1, -0.05) is 32.1 Å². The van der Waals surface area contributed by atoms with Gasteiger partial charge in [0.15, 0.2) is 0 Å². The monoisotopic (exact) mass is 249 g/mol. The van der Waals surface area contributed by atoms with Gasteiger partial charge in [0.25, 0.3) is 0 Å². The Morgan fingerprint density at radius 3 is 2.56 bits per heavy atom. The van der Waals surface area contributed by atoms with Crippen LogP contribution in [0.5, 0.6) is 0 Å². The smallest absolute Gasteiger partial charge is 0.123 e. The van der Waals surface area contributed by atoms with E-state index >= 15 is 0 Å². The molecule has 0 saturated carbocycles. The molecule has 0 fully saturated rings. The van der Waals surface area contributed by atoms with Crippen molar-refractivity contribution < 1.29 is 9.50 Å². The lowest BCUT2D eigenvalue weighted by atomic mass is 9.96. The number of hydrogen-bond acceptors (Lipinski definition) is 2. The van der Waals surface area contributed by atoms with Crippen molar-refractivity contribution >= 4 is 5.57 Å². The van der Waals surface area contributed by atoms with Crippen LogP contribution >= 0.6 is 0 Å². The molecular formula is C15H20FNO. The average molecular weight is 249 g/mol. The Labute approximate surface area is 108 Å². The molecule has 1 N–H and O–H groups in total. The number of aliphatic hydroxyl groups excluding tert-OH is 1. The summed E-state index contributed by atoms with van der Waals surface area (Å²) in [6.45, 7) is 6.84. The maximum Gasteiger partial charge on any atom is 0.123 e. The fourth-order valence-electron chi connectivity index (χ4n) is 2.40. The molecule has 1 aromatic rings. The molecule has 2 rings (SSSR count). The van der Waals surface area contributed by atoms with Crippen molar-refractivity contribution in [1.82, 2.24) is 4.90 Å². The normalized spacial score (nSPS) is 21.2. The first-order chi connectivity index (χ1) is 8.56. The van der Waals surface area contributed by atoms with Gasteiger partial charge in [-0.3, -0.25) is 4.90 Å². The molecular weight excluding hydrogens is 229 g/mol. The highest BCUT2D eigenvalue weighted by molar-refractivity contribution is 5.69. The first-order valence-electron chi connectivity index (χ1n) is 6.42. The number of benzene rings is 1. The number of aliphatic hydroxyl groups is 1. The Morgan fingerprint density at radius 1 is 1.33 bits per heavy atom. The lowest BCUT2D eigenvalue weighted by molar-refractivity contribution is 0.143. The maximum absolute atomic E-state index is 12.9. The predicted octanol–water partition coefficient (Wildman–Crippen LogP) is 2.54. The number of rotatable bonds is 3. The molecule has 0 bridgehead atoms. The van der Waals surface area contributed by atoms with Crippen molar-refractivity contribution in [2.45, 2.75) is 20.0 Å². The molecule has 1 aliphatic rings. The summed E-state index contributed by atoms with van der Waals surface area (Å²) < 4.78 is 12.9. The molecule has 0 radical (unpaired) electrons. The zero-order valence-corrected chi connectivity index (χ0v) is 10.9. The molecule has 0 aromatic heterocycles. The molecule has 1 heterocycles. The molecule has 3 heteroatoms. The van der Waals surface area contributed by atoms with E-state index < -0.39 is 6.10 Å². The predicted molar refractivity (Wildman–Crippen MR) is 71.7 cm³/mol. The van der Waals surface area contributed by atoms with E-state index in [1.807, 2.05) is 6.08 Å². The first kappa shape index (κ1) is 13.2. The van der Waals surface area contributed by atoms with Gasteiger partial charge >= 0.3 is 0 Å². The lowest BCUT2D eigenvalue weighted by Gasteiger charge is -2.31. The summed E-state index contributed by atoms with van der Waals surface area (Å²) in [6.07, 6.45) is 1.56. The van der Waals surface area contributed by atoms with Crippen molar-refractivity contribution in [3.63, 3.8) is 0 Å². The minimum absolute atomic E-state index is 0.244. The molecule has 0 aliphatic carbocycles. The van der Waals surface area contributed by atoms with Crippen LogP contribution in [0, 0.1) is 11.7 Å². The van der Waals surface area contributed by atoms with E-state index in [1.165, 1.54) is 12.1 Å². The lowest BCUT2D eigenvalue weighted by Crippen LogP contribution is -2.39. The molecule has 0 saturated heterocycles. The summed E-state index contributed by atoms with van der Waals surface area (Å²) in [5, 5.41) is 10.2. The molecule has 18 heavy (non-hydrogen) atoms. The van der Waals surface area contributed by atoms with Gasteiger partial charge in [0, 0.05) is 19.6 Å². The Kier molecular flexibility index (Phi) is 4.15. The van der Waals surface area contributed by atoms with Gasteiger partial charge in [0.2, 0.25) is 0 Å². The maximum atomic E-state index is 12.9. The van der Waals surface area contributed by atoms with Crippen LogP contribution in [0.1, 0.15) is 19.4 Å². The number of halogens is 1. The van der Waals surface area contributed by atoms with Gasteiger partial charge in [-0.05, 0) is 29.2 Å². The summed E-state index contributed by atoms with van der Waals surface area (Å²) in [4.78, 5) is 2.24. The highest BCUT2D eigenvalue weighted by atomic mass is 19.1. The summed E-state index contributed by atoms with van der Waals surface area (Å²) in [7, 11) is 0. The largest absolute Gasteiger partial charge is 0.387 e. The third-order valence-electron chi connectivity index (χ3n) is 3.16. The molecule has 1 aromatic carbocycles. The van der Waals surface area contributed by atoms with Crippen LogP contribution in [0.3, 0.4) is 0 Å². The van der Waals surface area contributed by atoms with Gasteiger partial charge in [-0.2, -0.15) is 0 Å². The molecule has 1 aliphatic heterocycles. The van der Waals surface area contributed by atoms with E-state index in [0.717, 1.165) is 24.2 Å². The van der Waals surface area contributed by atoms with Gasteiger partial charge in [0.1, 0.15) is 5.82 Å². The molecule has 1 atom stereocenters. The van der Waals surface area contributed by atoms with Crippen molar-refractivity contribution in [3.05, 3.63) is 41.7 Å². The standard InChI is InChI=1S/C15H20FNO/c1-11(2)9-17-8-7-14(15(18)10-17)12-3-5-13(16)6-4-12/h3-7,11,15,18H,8-10H2,1-2H3/t15-/m0/s1. The van der Waals surface area contributed by atoms with E-state index in [9.17, 15) is 9.50 Å². The van der Waals surface area contributed by atoms with E-state index in [4.69, 9.17) is 0 Å². The SMILES string of the molecule is CC(C)CN1CC=C(c2ccc(F)cc2)[C@@H](O)C1. The van der Waals surface area contributed by atoms with Gasteiger partial charge < -0.3 is 5.11 Å². The van der Waals surface area contributed by atoms with Crippen LogP contribution < -0.4 is 0 Å². The second-order valence-electron chi connectivity index (χ2n) is 5.29. The molecule has 2 nitrogen and oxygen atoms in total. The Bertz CT molecular complexity index is 425. The van der Waals surface area contributed by atoms with Gasteiger partial charge in [0.05, 0.1) is 6.10 Å². The Balaban J connectivity index is 2.11. The molecule has 98 valence electrons. The molecule has 0 spiro atoms.